The number of rotatable bonds is 56. The average molecular weight is 1140 g/mol. The van der Waals surface area contributed by atoms with Gasteiger partial charge < -0.3 is 39.0 Å². The third-order valence-corrected chi connectivity index (χ3v) is 14.8. The van der Waals surface area contributed by atoms with Gasteiger partial charge in [0, 0.05) is 19.3 Å². The van der Waals surface area contributed by atoms with Crippen molar-refractivity contribution < 1.29 is 58.2 Å². The van der Waals surface area contributed by atoms with E-state index < -0.39 is 67.3 Å². The van der Waals surface area contributed by atoms with Crippen LogP contribution in [0.15, 0.2) is 72.9 Å². The van der Waals surface area contributed by atoms with Crippen LogP contribution < -0.4 is 0 Å². The van der Waals surface area contributed by atoms with Gasteiger partial charge in [0.05, 0.1) is 6.61 Å². The summed E-state index contributed by atoms with van der Waals surface area (Å²) in [4.78, 5) is 51.3. The molecule has 6 unspecified atom stereocenters. The first-order chi connectivity index (χ1) is 39.6. The Balaban J connectivity index is 2.65. The minimum Gasteiger partial charge on any atom is -0.479 e. The number of ether oxygens (including phenoxy) is 5. The van der Waals surface area contributed by atoms with Gasteiger partial charge in [-0.3, -0.25) is 14.4 Å². The number of unbranched alkanes of at least 4 members (excludes halogenated alkanes) is 30. The molecule has 81 heavy (non-hydrogen) atoms. The maximum absolute atomic E-state index is 13.2. The molecule has 12 nitrogen and oxygen atoms in total. The molecule has 1 heterocycles. The number of carbonyl (C=O) groups is 4. The highest BCUT2D eigenvalue weighted by atomic mass is 16.7. The second kappa shape index (κ2) is 56.6. The molecule has 1 rings (SSSR count). The van der Waals surface area contributed by atoms with Gasteiger partial charge in [-0.2, -0.15) is 0 Å². The normalized spacial score (nSPS) is 18.2. The van der Waals surface area contributed by atoms with Crippen molar-refractivity contribution in [2.75, 3.05) is 13.2 Å². The molecule has 0 amide bonds. The predicted molar refractivity (Wildman–Crippen MR) is 331 cm³/mol. The van der Waals surface area contributed by atoms with E-state index in [1.54, 1.807) is 0 Å². The topological polar surface area (TPSA) is 175 Å². The summed E-state index contributed by atoms with van der Waals surface area (Å²) >= 11 is 0. The van der Waals surface area contributed by atoms with Crippen LogP contribution in [0.2, 0.25) is 0 Å². The van der Waals surface area contributed by atoms with Crippen molar-refractivity contribution >= 4 is 23.9 Å². The molecule has 12 heteroatoms. The largest absolute Gasteiger partial charge is 0.479 e. The van der Waals surface area contributed by atoms with Gasteiger partial charge in [-0.15, -0.1) is 0 Å². The number of aliphatic carboxylic acids is 1. The van der Waals surface area contributed by atoms with E-state index in [9.17, 15) is 34.5 Å². The fourth-order valence-electron chi connectivity index (χ4n) is 9.74. The van der Waals surface area contributed by atoms with E-state index >= 15 is 0 Å². The number of allylic oxidation sites excluding steroid dienone is 12. The van der Waals surface area contributed by atoms with E-state index in [-0.39, 0.29) is 25.9 Å². The van der Waals surface area contributed by atoms with Gasteiger partial charge in [-0.1, -0.05) is 254 Å². The van der Waals surface area contributed by atoms with Crippen LogP contribution in [-0.2, 0) is 42.9 Å². The van der Waals surface area contributed by atoms with Gasteiger partial charge in [0.1, 0.15) is 18.8 Å². The van der Waals surface area contributed by atoms with Gasteiger partial charge >= 0.3 is 23.9 Å². The Hall–Kier alpha value is -3.84. The summed E-state index contributed by atoms with van der Waals surface area (Å²) in [5.74, 6) is -3.15. The molecule has 0 bridgehead atoms. The fraction of sp³-hybridized carbons (Fsp3) is 0.768. The molecule has 1 fully saturated rings. The number of esters is 3. The van der Waals surface area contributed by atoms with Crippen LogP contribution in [0.25, 0.3) is 0 Å². The highest BCUT2D eigenvalue weighted by Gasteiger charge is 2.50. The average Bonchev–Trinajstić information content (AvgIpc) is 3.54. The minimum atomic E-state index is -1.92. The van der Waals surface area contributed by atoms with E-state index in [4.69, 9.17) is 23.7 Å². The van der Waals surface area contributed by atoms with Crippen molar-refractivity contribution in [2.45, 2.75) is 327 Å². The quantitative estimate of drug-likeness (QED) is 0.0228. The van der Waals surface area contributed by atoms with Crippen molar-refractivity contribution in [1.29, 1.82) is 0 Å². The maximum Gasteiger partial charge on any atom is 0.335 e. The molecule has 0 radical (unpaired) electrons. The first kappa shape index (κ1) is 75.2. The Morgan fingerprint density at radius 2 is 0.778 bits per heavy atom. The number of carboxylic acid groups (broad SMARTS) is 1. The predicted octanol–water partition coefficient (Wildman–Crippen LogP) is 17.7. The fourth-order valence-corrected chi connectivity index (χ4v) is 9.74. The minimum absolute atomic E-state index is 0.0210. The smallest absolute Gasteiger partial charge is 0.335 e. The highest BCUT2D eigenvalue weighted by Crippen LogP contribution is 2.27. The second-order valence-corrected chi connectivity index (χ2v) is 22.4. The van der Waals surface area contributed by atoms with E-state index in [0.29, 0.717) is 19.3 Å². The van der Waals surface area contributed by atoms with Gasteiger partial charge in [-0.05, 0) is 89.9 Å². The van der Waals surface area contributed by atoms with Crippen LogP contribution in [0.4, 0.5) is 0 Å². The number of hydrogen-bond donors (Lipinski definition) is 3. The molecule has 0 aromatic carbocycles. The Morgan fingerprint density at radius 3 is 1.21 bits per heavy atom. The molecule has 0 spiro atoms. The lowest BCUT2D eigenvalue weighted by Gasteiger charge is -2.40. The molecular weight excluding hydrogens is 1020 g/mol. The second-order valence-electron chi connectivity index (χ2n) is 22.4. The summed E-state index contributed by atoms with van der Waals surface area (Å²) in [6.45, 7) is 5.89. The molecule has 0 aliphatic carbocycles. The lowest BCUT2D eigenvalue weighted by Crippen LogP contribution is -2.61. The zero-order valence-electron chi connectivity index (χ0n) is 51.5. The summed E-state index contributed by atoms with van der Waals surface area (Å²) in [6, 6.07) is 0. The van der Waals surface area contributed by atoms with E-state index in [1.807, 2.05) is 0 Å². The first-order valence-corrected chi connectivity index (χ1v) is 32.9. The number of aliphatic hydroxyl groups is 2. The summed E-state index contributed by atoms with van der Waals surface area (Å²) in [7, 11) is 0. The Kier molecular flexibility index (Phi) is 52.6. The third kappa shape index (κ3) is 46.3. The lowest BCUT2D eigenvalue weighted by atomic mass is 9.98. The SMILES string of the molecule is CC/C=C\C/C=C\C/C=C\C/C=C\C/C=C\CCCCCC(=O)OC1C(OCC(COC(=O)CCCCCCCCCCC/C=C\CCCCCCCC)OC(=O)CCCCCCCCCCCCCCC)OC(C(=O)O)C(O)C1O. The zero-order chi connectivity index (χ0) is 58.9. The summed E-state index contributed by atoms with van der Waals surface area (Å²) in [6.07, 6.45) is 60.0. The number of carbonyl (C=O) groups excluding carboxylic acids is 3. The van der Waals surface area contributed by atoms with E-state index in [2.05, 4.69) is 93.7 Å². The van der Waals surface area contributed by atoms with E-state index in [1.165, 1.54) is 141 Å². The lowest BCUT2D eigenvalue weighted by molar-refractivity contribution is -0.301. The summed E-state index contributed by atoms with van der Waals surface area (Å²) in [5, 5.41) is 31.6. The van der Waals surface area contributed by atoms with Crippen molar-refractivity contribution in [3.63, 3.8) is 0 Å². The van der Waals surface area contributed by atoms with Gasteiger partial charge in [0.2, 0.25) is 0 Å². The van der Waals surface area contributed by atoms with Crippen LogP contribution in [0, 0.1) is 0 Å². The monoisotopic (exact) mass is 1140 g/mol. The Bertz CT molecular complexity index is 1680. The zero-order valence-corrected chi connectivity index (χ0v) is 51.5. The molecule has 6 atom stereocenters. The van der Waals surface area contributed by atoms with Gasteiger partial charge in [0.15, 0.2) is 24.6 Å². The molecule has 1 aliphatic rings. The van der Waals surface area contributed by atoms with E-state index in [0.717, 1.165) is 89.9 Å². The molecular formula is C69H118O12. The molecule has 1 aliphatic heterocycles. The van der Waals surface area contributed by atoms with Crippen molar-refractivity contribution in [1.82, 2.24) is 0 Å². The first-order valence-electron chi connectivity index (χ1n) is 32.9. The standard InChI is InChI=1S/C69H118O12/c1-4-7-10-13-16-19-22-25-27-29-31-33-35-38-40-43-46-49-52-55-61(70)77-58-60(79-62(71)56-53-50-47-44-41-37-24-21-18-15-12-9-6-3)59-78-69-67(65(74)64(73)66(81-69)68(75)76)80-63(72)57-54-51-48-45-42-39-36-34-32-30-28-26-23-20-17-14-11-8-5-2/h8,11,17,20,25-28,32,34,39,42,60,64-67,69,73-74H,4-7,9-10,12-16,18-19,21-24,29-31,33,35-38,40-41,43-59H2,1-3H3,(H,75,76)/b11-8-,20-17-,27-25-,28-26-,34-32-,42-39-. The Morgan fingerprint density at radius 1 is 0.420 bits per heavy atom. The summed E-state index contributed by atoms with van der Waals surface area (Å²) in [5.41, 5.74) is 0. The van der Waals surface area contributed by atoms with Crippen LogP contribution >= 0.6 is 0 Å². The number of aliphatic hydroxyl groups excluding tert-OH is 2. The van der Waals surface area contributed by atoms with Crippen LogP contribution in [0.1, 0.15) is 290 Å². The third-order valence-electron chi connectivity index (χ3n) is 14.8. The molecule has 466 valence electrons. The van der Waals surface area contributed by atoms with Crippen molar-refractivity contribution in [3.05, 3.63) is 72.9 Å². The van der Waals surface area contributed by atoms with Gasteiger partial charge in [0.25, 0.3) is 0 Å². The molecule has 0 aromatic heterocycles. The molecule has 3 N–H and O–H groups in total. The highest BCUT2D eigenvalue weighted by molar-refractivity contribution is 5.74. The van der Waals surface area contributed by atoms with Crippen LogP contribution in [0.3, 0.4) is 0 Å². The summed E-state index contributed by atoms with van der Waals surface area (Å²) < 4.78 is 28.5. The van der Waals surface area contributed by atoms with Crippen molar-refractivity contribution in [3.8, 4) is 0 Å². The molecule has 0 saturated carbocycles. The molecule has 0 aromatic rings. The maximum atomic E-state index is 13.2. The number of carboxylic acids is 1. The number of hydrogen-bond acceptors (Lipinski definition) is 11. The van der Waals surface area contributed by atoms with Crippen LogP contribution in [0.5, 0.6) is 0 Å². The molecule has 1 saturated heterocycles. The van der Waals surface area contributed by atoms with Crippen molar-refractivity contribution in [2.24, 2.45) is 0 Å². The van der Waals surface area contributed by atoms with Gasteiger partial charge in [-0.25, -0.2) is 4.79 Å². The Labute approximate surface area is 493 Å². The van der Waals surface area contributed by atoms with Crippen LogP contribution in [-0.4, -0.2) is 89.2 Å².